The molecule has 0 saturated heterocycles. The minimum atomic E-state index is -5.07. The molecule has 1 aromatic carbocycles. The molecule has 3 N–H and O–H groups in total. The summed E-state index contributed by atoms with van der Waals surface area (Å²) in [6, 6.07) is 1.62. The molecular formula is C15H9Cl2F4N5O3. The van der Waals surface area contributed by atoms with E-state index >= 15 is 0 Å². The number of hydroxylamine groups is 1. The van der Waals surface area contributed by atoms with E-state index in [9.17, 15) is 27.2 Å². The van der Waals surface area contributed by atoms with Gasteiger partial charge in [0.05, 0.1) is 16.9 Å². The maximum Gasteiger partial charge on any atom is 0.433 e. The van der Waals surface area contributed by atoms with Crippen molar-refractivity contribution < 1.29 is 22.4 Å². The van der Waals surface area contributed by atoms with Gasteiger partial charge in [-0.2, -0.15) is 13.2 Å². The molecule has 1 aromatic heterocycles. The van der Waals surface area contributed by atoms with Crippen LogP contribution < -0.4 is 27.4 Å². The van der Waals surface area contributed by atoms with Gasteiger partial charge in [-0.15, -0.1) is 5.17 Å². The summed E-state index contributed by atoms with van der Waals surface area (Å²) in [7, 11) is 0. The first-order chi connectivity index (χ1) is 13.5. The van der Waals surface area contributed by atoms with E-state index in [0.29, 0.717) is 6.07 Å². The standard InChI is InChI=1S/C15H9Cl2F4N5O3/c16-7-4-8(18)9(5-10(7)29-24-3-1-2-12(17)23-24)25-13(27)6-11(15(19,20)21)26(22)14(25)28/h1-6,23H,22H2. The summed E-state index contributed by atoms with van der Waals surface area (Å²) in [6.45, 7) is 0. The highest BCUT2D eigenvalue weighted by molar-refractivity contribution is 6.32. The number of benzene rings is 1. The average Bonchev–Trinajstić information content (AvgIpc) is 2.61. The summed E-state index contributed by atoms with van der Waals surface area (Å²) < 4.78 is 52.9. The largest absolute Gasteiger partial charge is 0.433 e. The molecule has 1 aliphatic heterocycles. The Morgan fingerprint density at radius 3 is 2.45 bits per heavy atom. The highest BCUT2D eigenvalue weighted by Crippen LogP contribution is 2.30. The van der Waals surface area contributed by atoms with Crippen molar-refractivity contribution >= 4 is 23.2 Å². The summed E-state index contributed by atoms with van der Waals surface area (Å²) in [5, 5.41) is 0.873. The fourth-order valence-electron chi connectivity index (χ4n) is 2.30. The zero-order chi connectivity index (χ0) is 21.5. The summed E-state index contributed by atoms with van der Waals surface area (Å²) >= 11 is 11.7. The van der Waals surface area contributed by atoms with Crippen LogP contribution in [0.2, 0.25) is 5.02 Å². The van der Waals surface area contributed by atoms with E-state index < -0.39 is 34.6 Å². The number of halogens is 6. The fourth-order valence-corrected chi connectivity index (χ4v) is 2.64. The van der Waals surface area contributed by atoms with Crippen LogP contribution in [0.5, 0.6) is 5.75 Å². The van der Waals surface area contributed by atoms with Gasteiger partial charge in [0, 0.05) is 12.1 Å². The van der Waals surface area contributed by atoms with E-state index in [1.165, 1.54) is 18.4 Å². The minimum absolute atomic E-state index is 0.0650. The predicted molar refractivity (Wildman–Crippen MR) is 95.1 cm³/mol. The molecule has 14 heteroatoms. The predicted octanol–water partition coefficient (Wildman–Crippen LogP) is 2.23. The first kappa shape index (κ1) is 20.6. The Kier molecular flexibility index (Phi) is 5.24. The van der Waals surface area contributed by atoms with Crippen molar-refractivity contribution in [1.82, 2.24) is 19.8 Å². The third-order valence-electron chi connectivity index (χ3n) is 3.55. The lowest BCUT2D eigenvalue weighted by Gasteiger charge is -2.24. The monoisotopic (exact) mass is 453 g/mol. The van der Waals surface area contributed by atoms with Gasteiger partial charge in [-0.05, 0) is 18.2 Å². The van der Waals surface area contributed by atoms with Crippen LogP contribution in [-0.4, -0.2) is 14.4 Å². The third kappa shape index (κ3) is 4.03. The molecule has 0 bridgehead atoms. The Labute approximate surface area is 168 Å². The smallest absolute Gasteiger partial charge is 0.358 e. The van der Waals surface area contributed by atoms with Crippen molar-refractivity contribution in [1.29, 1.82) is 0 Å². The third-order valence-corrected chi connectivity index (χ3v) is 4.05. The summed E-state index contributed by atoms with van der Waals surface area (Å²) in [5.74, 6) is 3.73. The second kappa shape index (κ2) is 7.37. The van der Waals surface area contributed by atoms with Gasteiger partial charge >= 0.3 is 11.9 Å². The van der Waals surface area contributed by atoms with Crippen LogP contribution in [0, 0.1) is 5.82 Å². The van der Waals surface area contributed by atoms with Crippen LogP contribution in [0.1, 0.15) is 5.69 Å². The summed E-state index contributed by atoms with van der Waals surface area (Å²) in [5.41, 5.74) is -2.97. The fraction of sp³-hybridized carbons (Fsp3) is 0.0667. The molecule has 0 unspecified atom stereocenters. The van der Waals surface area contributed by atoms with Crippen LogP contribution >= 0.6 is 23.2 Å². The van der Waals surface area contributed by atoms with Crippen molar-refractivity contribution in [2.75, 3.05) is 5.84 Å². The van der Waals surface area contributed by atoms with E-state index in [1.54, 1.807) is 0 Å². The molecule has 0 saturated carbocycles. The van der Waals surface area contributed by atoms with Crippen LogP contribution in [0.4, 0.5) is 17.6 Å². The molecule has 2 aromatic rings. The SMILES string of the molecule is Nn1c(C(F)(F)F)cc(=O)n(-c2cc(ON3C=CC=C(Cl)N3)c(Cl)cc2F)c1=O. The molecule has 0 atom stereocenters. The number of nitrogens with two attached hydrogens (primary N) is 1. The number of nitrogens with one attached hydrogen (secondary N) is 1. The van der Waals surface area contributed by atoms with E-state index in [4.69, 9.17) is 33.9 Å². The maximum atomic E-state index is 14.4. The van der Waals surface area contributed by atoms with Gasteiger partial charge < -0.3 is 10.7 Å². The zero-order valence-corrected chi connectivity index (χ0v) is 15.4. The van der Waals surface area contributed by atoms with Gasteiger partial charge in [-0.25, -0.2) is 18.4 Å². The summed E-state index contributed by atoms with van der Waals surface area (Å²) in [4.78, 5) is 29.7. The Morgan fingerprint density at radius 2 is 1.83 bits per heavy atom. The molecule has 29 heavy (non-hydrogen) atoms. The molecule has 0 fully saturated rings. The lowest BCUT2D eigenvalue weighted by Crippen LogP contribution is -2.45. The number of rotatable bonds is 3. The number of hydrazine groups is 1. The van der Waals surface area contributed by atoms with Crippen LogP contribution in [0.25, 0.3) is 5.69 Å². The molecule has 1 aliphatic rings. The Bertz CT molecular complexity index is 1160. The van der Waals surface area contributed by atoms with Gasteiger partial charge in [-0.3, -0.25) is 10.2 Å². The Balaban J connectivity index is 2.12. The quantitative estimate of drug-likeness (QED) is 0.420. The minimum Gasteiger partial charge on any atom is -0.358 e. The number of nitrogens with zero attached hydrogens (tertiary/aromatic N) is 3. The lowest BCUT2D eigenvalue weighted by molar-refractivity contribution is -0.143. The number of alkyl halides is 3. The van der Waals surface area contributed by atoms with E-state index in [1.807, 2.05) is 0 Å². The number of hydrogen-bond donors (Lipinski definition) is 2. The lowest BCUT2D eigenvalue weighted by atomic mass is 10.2. The van der Waals surface area contributed by atoms with Gasteiger partial charge in [-0.1, -0.05) is 23.2 Å². The molecular weight excluding hydrogens is 445 g/mol. The van der Waals surface area contributed by atoms with Gasteiger partial charge in [0.25, 0.3) is 5.56 Å². The molecule has 3 rings (SSSR count). The average molecular weight is 454 g/mol. The highest BCUT2D eigenvalue weighted by atomic mass is 35.5. The highest BCUT2D eigenvalue weighted by Gasteiger charge is 2.36. The first-order valence-electron chi connectivity index (χ1n) is 7.47. The van der Waals surface area contributed by atoms with Gasteiger partial charge in [0.2, 0.25) is 0 Å². The van der Waals surface area contributed by atoms with Crippen molar-refractivity contribution in [2.24, 2.45) is 0 Å². The number of allylic oxidation sites excluding steroid dienone is 2. The van der Waals surface area contributed by atoms with Crippen LogP contribution in [-0.2, 0) is 6.18 Å². The summed E-state index contributed by atoms with van der Waals surface area (Å²) in [6.07, 6.45) is -0.727. The van der Waals surface area contributed by atoms with Crippen molar-refractivity contribution in [3.63, 3.8) is 0 Å². The van der Waals surface area contributed by atoms with E-state index in [2.05, 4.69) is 5.43 Å². The molecule has 0 radical (unpaired) electrons. The molecule has 0 amide bonds. The molecule has 0 aliphatic carbocycles. The van der Waals surface area contributed by atoms with Gasteiger partial charge in [0.1, 0.15) is 11.0 Å². The van der Waals surface area contributed by atoms with Crippen molar-refractivity contribution in [3.05, 3.63) is 79.1 Å². The number of aromatic nitrogens is 2. The molecule has 2 heterocycles. The topological polar surface area (TPSA) is 94.5 Å². The second-order valence-corrected chi connectivity index (χ2v) is 6.29. The Morgan fingerprint density at radius 1 is 1.14 bits per heavy atom. The van der Waals surface area contributed by atoms with Crippen molar-refractivity contribution in [3.8, 4) is 11.4 Å². The van der Waals surface area contributed by atoms with Crippen LogP contribution in [0.15, 0.2) is 51.3 Å². The maximum absolute atomic E-state index is 14.4. The molecule has 0 spiro atoms. The Hall–Kier alpha value is -3.12. The van der Waals surface area contributed by atoms with E-state index in [0.717, 1.165) is 11.2 Å². The normalized spacial score (nSPS) is 13.9. The van der Waals surface area contributed by atoms with Crippen LogP contribution in [0.3, 0.4) is 0 Å². The first-order valence-corrected chi connectivity index (χ1v) is 8.23. The zero-order valence-electron chi connectivity index (χ0n) is 13.9. The second-order valence-electron chi connectivity index (χ2n) is 5.47. The molecule has 154 valence electrons. The number of hydrogen-bond acceptors (Lipinski definition) is 6. The molecule has 8 nitrogen and oxygen atoms in total. The van der Waals surface area contributed by atoms with E-state index in [-0.39, 0.29) is 31.2 Å². The van der Waals surface area contributed by atoms with Crippen molar-refractivity contribution in [2.45, 2.75) is 6.18 Å². The van der Waals surface area contributed by atoms with Gasteiger partial charge in [0.15, 0.2) is 11.4 Å². The number of nitrogen functional groups attached to an aromatic ring is 1.